The van der Waals surface area contributed by atoms with E-state index in [2.05, 4.69) is 5.10 Å². The van der Waals surface area contributed by atoms with E-state index < -0.39 is 9.84 Å². The Hall–Kier alpha value is -1.24. The monoisotopic (exact) mass is 275 g/mol. The van der Waals surface area contributed by atoms with Crippen molar-refractivity contribution in [3.8, 4) is 0 Å². The lowest BCUT2D eigenvalue weighted by Gasteiger charge is -2.16. The quantitative estimate of drug-likeness (QED) is 0.835. The molecule has 6 nitrogen and oxygen atoms in total. The van der Waals surface area contributed by atoms with Gasteiger partial charge in [0.05, 0.1) is 18.0 Å². The first-order valence-corrected chi connectivity index (χ1v) is 7.70. The van der Waals surface area contributed by atoms with Crippen LogP contribution >= 0.6 is 0 Å². The van der Waals surface area contributed by atoms with E-state index in [1.54, 1.807) is 6.92 Å². The fraction of sp³-hybridized carbons (Fsp3) is 0.727. The number of rotatable bonds is 4. The van der Waals surface area contributed by atoms with Gasteiger partial charge < -0.3 is 5.73 Å². The number of aromatic amines is 1. The summed E-state index contributed by atoms with van der Waals surface area (Å²) in [5.74, 6) is 0.0109. The molecular weight excluding hydrogens is 254 g/mol. The molecule has 1 heterocycles. The van der Waals surface area contributed by atoms with Crippen LogP contribution in [0.25, 0.3) is 0 Å². The number of nitrogen functional groups attached to an aromatic ring is 1. The molecule has 0 radical (unpaired) electrons. The van der Waals surface area contributed by atoms with Gasteiger partial charge in [-0.3, -0.25) is 14.6 Å². The van der Waals surface area contributed by atoms with E-state index in [1.165, 1.54) is 4.68 Å². The van der Waals surface area contributed by atoms with Crippen molar-refractivity contribution in [3.05, 3.63) is 16.0 Å². The molecule has 0 aliphatic rings. The maximum absolute atomic E-state index is 11.9. The highest BCUT2D eigenvalue weighted by Crippen LogP contribution is 2.23. The van der Waals surface area contributed by atoms with E-state index >= 15 is 0 Å². The Bertz CT molecular complexity index is 576. The average Bonchev–Trinajstić information content (AvgIpc) is 2.53. The van der Waals surface area contributed by atoms with Crippen LogP contribution in [-0.4, -0.2) is 29.7 Å². The zero-order valence-electron chi connectivity index (χ0n) is 11.3. The van der Waals surface area contributed by atoms with Crippen molar-refractivity contribution in [2.45, 2.75) is 39.7 Å². The molecule has 104 valence electrons. The fourth-order valence-corrected chi connectivity index (χ4v) is 2.35. The van der Waals surface area contributed by atoms with Gasteiger partial charge in [-0.25, -0.2) is 8.42 Å². The second kappa shape index (κ2) is 4.79. The second-order valence-corrected chi connectivity index (χ2v) is 7.82. The minimum Gasteiger partial charge on any atom is -0.393 e. The van der Waals surface area contributed by atoms with E-state index in [1.807, 2.05) is 20.8 Å². The number of hydrogen-bond donors (Lipinski definition) is 2. The van der Waals surface area contributed by atoms with Crippen LogP contribution in [0.5, 0.6) is 0 Å². The molecule has 7 heteroatoms. The van der Waals surface area contributed by atoms with Crippen molar-refractivity contribution in [1.29, 1.82) is 0 Å². The van der Waals surface area contributed by atoms with Gasteiger partial charge in [-0.2, -0.15) is 0 Å². The SMILES string of the molecule is CCS(=O)(=O)CCn1[nH]c(C(C)(C)C)c(N)c1=O. The van der Waals surface area contributed by atoms with Crippen LogP contribution in [0.3, 0.4) is 0 Å². The molecule has 1 rings (SSSR count). The maximum Gasteiger partial charge on any atom is 0.289 e. The van der Waals surface area contributed by atoms with Crippen molar-refractivity contribution < 1.29 is 8.42 Å². The summed E-state index contributed by atoms with van der Waals surface area (Å²) in [7, 11) is -3.09. The van der Waals surface area contributed by atoms with Crippen molar-refractivity contribution in [2.75, 3.05) is 17.2 Å². The van der Waals surface area contributed by atoms with Gasteiger partial charge in [-0.1, -0.05) is 27.7 Å². The molecule has 1 aromatic heterocycles. The normalized spacial score (nSPS) is 12.9. The number of nitrogens with two attached hydrogens (primary N) is 1. The fourth-order valence-electron chi connectivity index (χ4n) is 1.60. The number of aryl methyl sites for hydroxylation is 1. The highest BCUT2D eigenvalue weighted by molar-refractivity contribution is 7.91. The highest BCUT2D eigenvalue weighted by atomic mass is 32.2. The lowest BCUT2D eigenvalue weighted by atomic mass is 9.91. The third-order valence-electron chi connectivity index (χ3n) is 2.81. The van der Waals surface area contributed by atoms with Crippen LogP contribution < -0.4 is 11.3 Å². The number of sulfone groups is 1. The van der Waals surface area contributed by atoms with Gasteiger partial charge in [0, 0.05) is 11.2 Å². The van der Waals surface area contributed by atoms with E-state index in [4.69, 9.17) is 5.73 Å². The number of nitrogens with one attached hydrogen (secondary N) is 1. The van der Waals surface area contributed by atoms with Crippen molar-refractivity contribution in [3.63, 3.8) is 0 Å². The zero-order chi connectivity index (χ0) is 14.1. The van der Waals surface area contributed by atoms with E-state index in [-0.39, 0.29) is 34.7 Å². The van der Waals surface area contributed by atoms with Crippen molar-refractivity contribution in [2.24, 2.45) is 0 Å². The standard InChI is InChI=1S/C11H21N3O3S/c1-5-18(16,17)7-6-14-10(15)8(12)9(13-14)11(2,3)4/h13H,5-7,12H2,1-4H3. The molecule has 0 spiro atoms. The van der Waals surface area contributed by atoms with Gasteiger partial charge in [0.2, 0.25) is 0 Å². The maximum atomic E-state index is 11.9. The van der Waals surface area contributed by atoms with Gasteiger partial charge in [0.15, 0.2) is 9.84 Å². The molecule has 18 heavy (non-hydrogen) atoms. The first kappa shape index (κ1) is 14.8. The number of anilines is 1. The summed E-state index contributed by atoms with van der Waals surface area (Å²) in [6, 6.07) is 0. The Balaban J connectivity index is 3.04. The largest absolute Gasteiger partial charge is 0.393 e. The summed E-state index contributed by atoms with van der Waals surface area (Å²) in [6.07, 6.45) is 0. The Morgan fingerprint density at radius 2 is 1.89 bits per heavy atom. The number of nitrogens with zero attached hydrogens (tertiary/aromatic N) is 1. The molecule has 0 saturated heterocycles. The predicted octanol–water partition coefficient (Wildman–Crippen LogP) is 0.491. The number of aromatic nitrogens is 2. The van der Waals surface area contributed by atoms with Crippen molar-refractivity contribution >= 4 is 15.5 Å². The molecule has 0 atom stereocenters. The average molecular weight is 275 g/mol. The van der Waals surface area contributed by atoms with Gasteiger partial charge in [0.1, 0.15) is 5.69 Å². The first-order valence-electron chi connectivity index (χ1n) is 5.87. The molecule has 0 bridgehead atoms. The minimum absolute atomic E-state index is 0.0626. The minimum atomic E-state index is -3.09. The van der Waals surface area contributed by atoms with Gasteiger partial charge >= 0.3 is 0 Å². The van der Waals surface area contributed by atoms with Crippen LogP contribution in [0.1, 0.15) is 33.4 Å². The highest BCUT2D eigenvalue weighted by Gasteiger charge is 2.23. The topological polar surface area (TPSA) is 97.9 Å². The summed E-state index contributed by atoms with van der Waals surface area (Å²) >= 11 is 0. The molecule has 3 N–H and O–H groups in total. The zero-order valence-corrected chi connectivity index (χ0v) is 12.1. The summed E-state index contributed by atoms with van der Waals surface area (Å²) in [5, 5.41) is 2.90. The molecule has 0 unspecified atom stereocenters. The Morgan fingerprint density at radius 3 is 2.28 bits per heavy atom. The van der Waals surface area contributed by atoms with Gasteiger partial charge in [0.25, 0.3) is 5.56 Å². The van der Waals surface area contributed by atoms with Crippen LogP contribution in [-0.2, 0) is 21.8 Å². The molecule has 1 aromatic rings. The smallest absolute Gasteiger partial charge is 0.289 e. The van der Waals surface area contributed by atoms with E-state index in [0.29, 0.717) is 5.69 Å². The van der Waals surface area contributed by atoms with Crippen LogP contribution in [0, 0.1) is 0 Å². The lowest BCUT2D eigenvalue weighted by molar-refractivity contribution is 0.535. The Morgan fingerprint density at radius 1 is 1.33 bits per heavy atom. The molecule has 0 fully saturated rings. The molecule has 0 aliphatic heterocycles. The van der Waals surface area contributed by atoms with Crippen LogP contribution in [0.15, 0.2) is 4.79 Å². The first-order chi connectivity index (χ1) is 8.08. The van der Waals surface area contributed by atoms with Crippen LogP contribution in [0.2, 0.25) is 0 Å². The molecule has 0 aliphatic carbocycles. The Labute approximate surface area is 107 Å². The predicted molar refractivity (Wildman–Crippen MR) is 72.5 cm³/mol. The molecular formula is C11H21N3O3S. The summed E-state index contributed by atoms with van der Waals surface area (Å²) in [6.45, 7) is 7.49. The summed E-state index contributed by atoms with van der Waals surface area (Å²) in [4.78, 5) is 11.9. The summed E-state index contributed by atoms with van der Waals surface area (Å²) < 4.78 is 24.1. The van der Waals surface area contributed by atoms with E-state index in [0.717, 1.165) is 0 Å². The molecule has 0 amide bonds. The van der Waals surface area contributed by atoms with Crippen molar-refractivity contribution in [1.82, 2.24) is 9.78 Å². The third kappa shape index (κ3) is 3.16. The summed E-state index contributed by atoms with van der Waals surface area (Å²) in [5.41, 5.74) is 5.92. The lowest BCUT2D eigenvalue weighted by Crippen LogP contribution is -2.23. The number of H-pyrrole nitrogens is 1. The molecule has 0 saturated carbocycles. The Kier molecular flexibility index (Phi) is 3.95. The number of hydrogen-bond acceptors (Lipinski definition) is 4. The molecule has 0 aromatic carbocycles. The van der Waals surface area contributed by atoms with Gasteiger partial charge in [-0.15, -0.1) is 0 Å². The van der Waals surface area contributed by atoms with E-state index in [9.17, 15) is 13.2 Å². The second-order valence-electron chi connectivity index (χ2n) is 5.34. The van der Waals surface area contributed by atoms with Gasteiger partial charge in [-0.05, 0) is 0 Å². The third-order valence-corrected chi connectivity index (χ3v) is 4.49. The van der Waals surface area contributed by atoms with Crippen LogP contribution in [0.4, 0.5) is 5.69 Å².